The Hall–Kier alpha value is -2.52. The van der Waals surface area contributed by atoms with Crippen LogP contribution < -0.4 is 5.32 Å². The van der Waals surface area contributed by atoms with Crippen LogP contribution in [-0.2, 0) is 17.1 Å². The molecule has 8 nitrogen and oxygen atoms in total. The number of nitrogens with zero attached hydrogens (tertiary/aromatic N) is 5. The van der Waals surface area contributed by atoms with Crippen LogP contribution in [-0.4, -0.2) is 45.6 Å². The molecule has 1 unspecified atom stereocenters. The van der Waals surface area contributed by atoms with Crippen molar-refractivity contribution in [1.82, 2.24) is 24.1 Å². The number of aryl methyl sites for hydroxylation is 1. The van der Waals surface area contributed by atoms with E-state index in [-0.39, 0.29) is 6.04 Å². The molecule has 0 aliphatic carbocycles. The molecule has 0 spiro atoms. The minimum atomic E-state index is -3.45. The van der Waals surface area contributed by atoms with Gasteiger partial charge in [-0.05, 0) is 24.6 Å². The van der Waals surface area contributed by atoms with Crippen LogP contribution >= 0.6 is 0 Å². The highest BCUT2D eigenvalue weighted by molar-refractivity contribution is 7.89. The summed E-state index contributed by atoms with van der Waals surface area (Å²) < 4.78 is 28.3. The molecule has 1 aromatic carbocycles. The zero-order chi connectivity index (χ0) is 19.6. The number of fused-ring (bicyclic) bond motifs is 1. The van der Waals surface area contributed by atoms with Gasteiger partial charge in [-0.2, -0.15) is 9.40 Å². The van der Waals surface area contributed by atoms with E-state index >= 15 is 0 Å². The second-order valence-electron chi connectivity index (χ2n) is 6.29. The summed E-state index contributed by atoms with van der Waals surface area (Å²) >= 11 is 0. The molecule has 0 radical (unpaired) electrons. The fourth-order valence-electron chi connectivity index (χ4n) is 2.99. The van der Waals surface area contributed by atoms with E-state index in [0.29, 0.717) is 29.5 Å². The fourth-order valence-corrected chi connectivity index (χ4v) is 4.45. The van der Waals surface area contributed by atoms with E-state index in [0.717, 1.165) is 10.9 Å². The summed E-state index contributed by atoms with van der Waals surface area (Å²) in [7, 11) is -1.61. The third kappa shape index (κ3) is 3.79. The quantitative estimate of drug-likeness (QED) is 0.669. The summed E-state index contributed by atoms with van der Waals surface area (Å²) in [5.41, 5.74) is 1.59. The first kappa shape index (κ1) is 19.2. The summed E-state index contributed by atoms with van der Waals surface area (Å²) in [5.74, 6) is 0.695. The Labute approximate surface area is 159 Å². The first-order chi connectivity index (χ1) is 12.9. The number of anilines is 1. The van der Waals surface area contributed by atoms with Gasteiger partial charge in [0.2, 0.25) is 10.0 Å². The van der Waals surface area contributed by atoms with E-state index in [9.17, 15) is 8.42 Å². The van der Waals surface area contributed by atoms with E-state index in [1.807, 2.05) is 46.1 Å². The summed E-state index contributed by atoms with van der Waals surface area (Å²) in [6.07, 6.45) is 3.34. The average Bonchev–Trinajstić information content (AvgIpc) is 3.04. The first-order valence-corrected chi connectivity index (χ1v) is 10.3. The van der Waals surface area contributed by atoms with Gasteiger partial charge in [0, 0.05) is 32.4 Å². The van der Waals surface area contributed by atoms with E-state index in [1.165, 1.54) is 10.6 Å². The van der Waals surface area contributed by atoms with Gasteiger partial charge in [-0.25, -0.2) is 18.4 Å². The molecule has 27 heavy (non-hydrogen) atoms. The van der Waals surface area contributed by atoms with Gasteiger partial charge in [0.05, 0.1) is 10.3 Å². The highest BCUT2D eigenvalue weighted by Gasteiger charge is 2.21. The van der Waals surface area contributed by atoms with Crippen LogP contribution in [0.15, 0.2) is 41.7 Å². The molecule has 3 aromatic rings. The normalized spacial score (nSPS) is 13.2. The Morgan fingerprint density at radius 1 is 1.15 bits per heavy atom. The van der Waals surface area contributed by atoms with Crippen molar-refractivity contribution in [1.29, 1.82) is 0 Å². The van der Waals surface area contributed by atoms with Gasteiger partial charge < -0.3 is 5.32 Å². The van der Waals surface area contributed by atoms with Crippen molar-refractivity contribution in [2.45, 2.75) is 31.7 Å². The molecule has 0 amide bonds. The van der Waals surface area contributed by atoms with Gasteiger partial charge in [0.15, 0.2) is 5.65 Å². The van der Waals surface area contributed by atoms with Crippen molar-refractivity contribution < 1.29 is 8.42 Å². The van der Waals surface area contributed by atoms with Crippen molar-refractivity contribution in [2.75, 3.05) is 18.4 Å². The molecule has 0 aliphatic rings. The number of rotatable bonds is 7. The molecule has 9 heteroatoms. The van der Waals surface area contributed by atoms with Crippen LogP contribution in [0.2, 0.25) is 0 Å². The van der Waals surface area contributed by atoms with Crippen LogP contribution in [0.25, 0.3) is 11.0 Å². The van der Waals surface area contributed by atoms with E-state index in [2.05, 4.69) is 20.4 Å². The lowest BCUT2D eigenvalue weighted by Gasteiger charge is -2.19. The maximum Gasteiger partial charge on any atom is 0.243 e. The lowest BCUT2D eigenvalue weighted by Crippen LogP contribution is -2.30. The molecule has 0 saturated heterocycles. The SMILES string of the molecule is CCN(CC)S(=O)(=O)c1ccc(C(C)Nc2ncnc3nn(C)cc23)cc1. The van der Waals surface area contributed by atoms with Crippen molar-refractivity contribution in [3.63, 3.8) is 0 Å². The molecule has 0 saturated carbocycles. The minimum absolute atomic E-state index is 0.0616. The molecule has 2 heterocycles. The largest absolute Gasteiger partial charge is 0.363 e. The van der Waals surface area contributed by atoms with Crippen LogP contribution in [0.1, 0.15) is 32.4 Å². The third-order valence-electron chi connectivity index (χ3n) is 4.51. The molecule has 2 aromatic heterocycles. The molecule has 1 atom stereocenters. The van der Waals surface area contributed by atoms with E-state index in [4.69, 9.17) is 0 Å². The topological polar surface area (TPSA) is 93.0 Å². The predicted molar refractivity (Wildman–Crippen MR) is 105 cm³/mol. The van der Waals surface area contributed by atoms with Crippen LogP contribution in [0.4, 0.5) is 5.82 Å². The molecular formula is C18H24N6O2S. The Balaban J connectivity index is 1.82. The second kappa shape index (κ2) is 7.61. The van der Waals surface area contributed by atoms with Crippen LogP contribution in [0.5, 0.6) is 0 Å². The number of sulfonamides is 1. The molecule has 144 valence electrons. The smallest absolute Gasteiger partial charge is 0.243 e. The number of hydrogen-bond acceptors (Lipinski definition) is 6. The monoisotopic (exact) mass is 388 g/mol. The Morgan fingerprint density at radius 3 is 2.44 bits per heavy atom. The second-order valence-corrected chi connectivity index (χ2v) is 8.22. The molecule has 1 N–H and O–H groups in total. The van der Waals surface area contributed by atoms with Gasteiger partial charge in [0.25, 0.3) is 0 Å². The minimum Gasteiger partial charge on any atom is -0.363 e. The zero-order valence-electron chi connectivity index (χ0n) is 15.9. The Morgan fingerprint density at radius 2 is 1.81 bits per heavy atom. The lowest BCUT2D eigenvalue weighted by molar-refractivity contribution is 0.445. The van der Waals surface area contributed by atoms with E-state index < -0.39 is 10.0 Å². The van der Waals surface area contributed by atoms with Crippen molar-refractivity contribution in [3.8, 4) is 0 Å². The van der Waals surface area contributed by atoms with Crippen LogP contribution in [0, 0.1) is 0 Å². The van der Waals surface area contributed by atoms with Crippen LogP contribution in [0.3, 0.4) is 0 Å². The zero-order valence-corrected chi connectivity index (χ0v) is 16.7. The Bertz CT molecular complexity index is 1030. The van der Waals surface area contributed by atoms with Crippen molar-refractivity contribution in [2.24, 2.45) is 7.05 Å². The molecule has 0 fully saturated rings. The van der Waals surface area contributed by atoms with Gasteiger partial charge >= 0.3 is 0 Å². The van der Waals surface area contributed by atoms with Gasteiger partial charge in [-0.3, -0.25) is 4.68 Å². The van der Waals surface area contributed by atoms with Gasteiger partial charge in [-0.1, -0.05) is 26.0 Å². The summed E-state index contributed by atoms with van der Waals surface area (Å²) in [6, 6.07) is 6.90. The molecule has 0 aliphatic heterocycles. The molecule has 0 bridgehead atoms. The third-order valence-corrected chi connectivity index (χ3v) is 6.57. The summed E-state index contributed by atoms with van der Waals surface area (Å²) in [6.45, 7) is 6.57. The highest BCUT2D eigenvalue weighted by atomic mass is 32.2. The fraction of sp³-hybridized carbons (Fsp3) is 0.389. The Kier molecular flexibility index (Phi) is 5.43. The first-order valence-electron chi connectivity index (χ1n) is 8.87. The summed E-state index contributed by atoms with van der Waals surface area (Å²) in [4.78, 5) is 8.77. The van der Waals surface area contributed by atoms with Crippen molar-refractivity contribution in [3.05, 3.63) is 42.4 Å². The lowest BCUT2D eigenvalue weighted by atomic mass is 10.1. The molecular weight excluding hydrogens is 364 g/mol. The maximum absolute atomic E-state index is 12.6. The maximum atomic E-state index is 12.6. The van der Waals surface area contributed by atoms with E-state index in [1.54, 1.807) is 16.8 Å². The number of benzene rings is 1. The number of hydrogen-bond donors (Lipinski definition) is 1. The standard InChI is InChI=1S/C18H24N6O2S/c1-5-24(6-2)27(25,26)15-9-7-14(8-10-15)13(3)21-17-16-11-23(4)22-18(16)20-12-19-17/h7-13H,5-6H2,1-4H3,(H,19,20,21,22). The van der Waals surface area contributed by atoms with Crippen molar-refractivity contribution >= 4 is 26.9 Å². The molecule has 3 rings (SSSR count). The van der Waals surface area contributed by atoms with Gasteiger partial charge in [-0.15, -0.1) is 0 Å². The predicted octanol–water partition coefficient (Wildman–Crippen LogP) is 2.57. The number of aromatic nitrogens is 4. The average molecular weight is 388 g/mol. The van der Waals surface area contributed by atoms with Gasteiger partial charge in [0.1, 0.15) is 12.1 Å². The summed E-state index contributed by atoms with van der Waals surface area (Å²) in [5, 5.41) is 8.47. The highest BCUT2D eigenvalue weighted by Crippen LogP contribution is 2.24. The number of nitrogens with one attached hydrogen (secondary N) is 1.